The molecule has 1 heterocycles. The highest BCUT2D eigenvalue weighted by molar-refractivity contribution is 7.99. The number of rotatable bonds is 6. The summed E-state index contributed by atoms with van der Waals surface area (Å²) in [5, 5.41) is 4.29. The quantitative estimate of drug-likeness (QED) is 0.382. The van der Waals surface area contributed by atoms with Gasteiger partial charge in [0.1, 0.15) is 0 Å². The van der Waals surface area contributed by atoms with Gasteiger partial charge in [0.05, 0.1) is 27.4 Å². The molecule has 0 unspecified atom stereocenters. The molecule has 0 atom stereocenters. The summed E-state index contributed by atoms with van der Waals surface area (Å²) in [5.74, 6) is -0.120. The van der Waals surface area contributed by atoms with E-state index in [-0.39, 0.29) is 17.2 Å². The van der Waals surface area contributed by atoms with Crippen molar-refractivity contribution in [2.45, 2.75) is 18.6 Å². The topological polar surface area (TPSA) is 64.0 Å². The van der Waals surface area contributed by atoms with Gasteiger partial charge in [-0.25, -0.2) is 4.98 Å². The van der Waals surface area contributed by atoms with Gasteiger partial charge in [-0.3, -0.25) is 14.2 Å². The van der Waals surface area contributed by atoms with E-state index in [1.54, 1.807) is 36.4 Å². The lowest BCUT2D eigenvalue weighted by atomic mass is 10.2. The summed E-state index contributed by atoms with van der Waals surface area (Å²) in [4.78, 5) is 29.5. The molecule has 2 aromatic carbocycles. The maximum atomic E-state index is 12.7. The van der Waals surface area contributed by atoms with Gasteiger partial charge < -0.3 is 5.32 Å². The number of anilines is 1. The summed E-state index contributed by atoms with van der Waals surface area (Å²) in [6.07, 6.45) is 1.63. The van der Waals surface area contributed by atoms with Crippen molar-refractivity contribution in [2.75, 3.05) is 11.1 Å². The number of carbonyl (C=O) groups excluding carboxylic acids is 1. The zero-order chi connectivity index (χ0) is 19.4. The molecule has 1 amide bonds. The molecule has 3 rings (SSSR count). The number of aromatic nitrogens is 2. The fraction of sp³-hybridized carbons (Fsp3) is 0.150. The highest BCUT2D eigenvalue weighted by Gasteiger charge is 2.13. The van der Waals surface area contributed by atoms with Crippen LogP contribution in [0.1, 0.15) is 5.56 Å². The van der Waals surface area contributed by atoms with Crippen LogP contribution in [-0.4, -0.2) is 21.2 Å². The molecular weight excluding hydrogens is 382 g/mol. The first-order valence-electron chi connectivity index (χ1n) is 8.29. The molecule has 138 valence electrons. The Morgan fingerprint density at radius 2 is 2.11 bits per heavy atom. The van der Waals surface area contributed by atoms with Gasteiger partial charge in [-0.1, -0.05) is 47.6 Å². The molecule has 3 aromatic rings. The van der Waals surface area contributed by atoms with Crippen LogP contribution < -0.4 is 10.9 Å². The molecule has 0 aliphatic rings. The van der Waals surface area contributed by atoms with E-state index in [2.05, 4.69) is 16.9 Å². The molecule has 0 radical (unpaired) electrons. The van der Waals surface area contributed by atoms with Crippen molar-refractivity contribution in [3.8, 4) is 0 Å². The van der Waals surface area contributed by atoms with Crippen molar-refractivity contribution in [3.63, 3.8) is 0 Å². The average molecular weight is 400 g/mol. The van der Waals surface area contributed by atoms with Crippen molar-refractivity contribution < 1.29 is 4.79 Å². The van der Waals surface area contributed by atoms with E-state index in [9.17, 15) is 9.59 Å². The number of benzene rings is 2. The van der Waals surface area contributed by atoms with E-state index >= 15 is 0 Å². The Morgan fingerprint density at radius 3 is 2.85 bits per heavy atom. The van der Waals surface area contributed by atoms with Crippen molar-refractivity contribution in [2.24, 2.45) is 0 Å². The molecule has 1 aromatic heterocycles. The van der Waals surface area contributed by atoms with Gasteiger partial charge >= 0.3 is 0 Å². The second-order valence-electron chi connectivity index (χ2n) is 5.94. The maximum Gasteiger partial charge on any atom is 0.262 e. The van der Waals surface area contributed by atoms with Crippen LogP contribution >= 0.6 is 23.4 Å². The number of para-hydroxylation sites is 1. The van der Waals surface area contributed by atoms with Crippen LogP contribution in [0.3, 0.4) is 0 Å². The van der Waals surface area contributed by atoms with E-state index in [4.69, 9.17) is 11.6 Å². The predicted octanol–water partition coefficient (Wildman–Crippen LogP) is 4.28. The molecule has 0 aliphatic carbocycles. The number of fused-ring (bicyclic) bond motifs is 1. The molecule has 7 heteroatoms. The summed E-state index contributed by atoms with van der Waals surface area (Å²) in [5.41, 5.74) is 2.03. The molecule has 0 saturated carbocycles. The van der Waals surface area contributed by atoms with Crippen molar-refractivity contribution >= 4 is 45.9 Å². The number of nitrogens with zero attached hydrogens (tertiary/aromatic N) is 2. The van der Waals surface area contributed by atoms with Gasteiger partial charge in [-0.15, -0.1) is 6.58 Å². The lowest BCUT2D eigenvalue weighted by Crippen LogP contribution is -2.23. The van der Waals surface area contributed by atoms with Crippen LogP contribution in [0.5, 0.6) is 0 Å². The van der Waals surface area contributed by atoms with Crippen LogP contribution in [0.25, 0.3) is 10.9 Å². The summed E-state index contributed by atoms with van der Waals surface area (Å²) >= 11 is 7.35. The summed E-state index contributed by atoms with van der Waals surface area (Å²) in [6.45, 7) is 5.95. The highest BCUT2D eigenvalue weighted by atomic mass is 35.5. The van der Waals surface area contributed by atoms with Crippen molar-refractivity contribution in [3.05, 3.63) is 76.1 Å². The predicted molar refractivity (Wildman–Crippen MR) is 112 cm³/mol. The third-order valence-corrected chi connectivity index (χ3v) is 5.16. The zero-order valence-electron chi connectivity index (χ0n) is 14.7. The Morgan fingerprint density at radius 1 is 1.33 bits per heavy atom. The molecule has 27 heavy (non-hydrogen) atoms. The minimum atomic E-state index is -0.224. The number of amides is 1. The normalized spacial score (nSPS) is 10.7. The maximum absolute atomic E-state index is 12.7. The first kappa shape index (κ1) is 19.2. The number of carbonyl (C=O) groups is 1. The lowest BCUT2D eigenvalue weighted by Gasteiger charge is -2.12. The SMILES string of the molecule is C=CCn1c(SCC(=O)Nc2ccc(C)cc2Cl)nc2ccccc2c1=O. The van der Waals surface area contributed by atoms with Crippen LogP contribution in [0.4, 0.5) is 5.69 Å². The van der Waals surface area contributed by atoms with E-state index in [0.29, 0.717) is 33.3 Å². The number of hydrogen-bond donors (Lipinski definition) is 1. The number of hydrogen-bond acceptors (Lipinski definition) is 4. The Labute approximate surface area is 166 Å². The Hall–Kier alpha value is -2.57. The fourth-order valence-corrected chi connectivity index (χ4v) is 3.68. The Bertz CT molecular complexity index is 1080. The van der Waals surface area contributed by atoms with Crippen LogP contribution in [0.2, 0.25) is 5.02 Å². The number of nitrogens with one attached hydrogen (secondary N) is 1. The first-order chi connectivity index (χ1) is 13.0. The average Bonchev–Trinajstić information content (AvgIpc) is 2.65. The summed E-state index contributed by atoms with van der Waals surface area (Å²) < 4.78 is 1.52. The number of thioether (sulfide) groups is 1. The molecule has 0 saturated heterocycles. The standard InChI is InChI=1S/C20H18ClN3O2S/c1-3-10-24-19(26)14-6-4-5-7-16(14)23-20(24)27-12-18(25)22-17-9-8-13(2)11-15(17)21/h3-9,11H,1,10,12H2,2H3,(H,22,25). The molecule has 5 nitrogen and oxygen atoms in total. The van der Waals surface area contributed by atoms with E-state index in [0.717, 1.165) is 5.56 Å². The number of allylic oxidation sites excluding steroid dienone is 1. The molecular formula is C20H18ClN3O2S. The van der Waals surface area contributed by atoms with Crippen molar-refractivity contribution in [1.29, 1.82) is 0 Å². The smallest absolute Gasteiger partial charge is 0.262 e. The van der Waals surface area contributed by atoms with Gasteiger partial charge in [0.25, 0.3) is 5.56 Å². The van der Waals surface area contributed by atoms with E-state index < -0.39 is 0 Å². The third kappa shape index (κ3) is 4.40. The Balaban J connectivity index is 1.81. The van der Waals surface area contributed by atoms with Gasteiger partial charge in [0, 0.05) is 6.54 Å². The first-order valence-corrected chi connectivity index (χ1v) is 9.65. The molecule has 0 fully saturated rings. The van der Waals surface area contributed by atoms with Gasteiger partial charge in [0.2, 0.25) is 5.91 Å². The minimum absolute atomic E-state index is 0.103. The molecule has 0 aliphatic heterocycles. The summed E-state index contributed by atoms with van der Waals surface area (Å²) in [7, 11) is 0. The van der Waals surface area contributed by atoms with Crippen LogP contribution in [0.15, 0.2) is 65.1 Å². The van der Waals surface area contributed by atoms with Crippen LogP contribution in [0, 0.1) is 6.92 Å². The second kappa shape index (κ2) is 8.41. The van der Waals surface area contributed by atoms with E-state index in [1.165, 1.54) is 16.3 Å². The largest absolute Gasteiger partial charge is 0.324 e. The minimum Gasteiger partial charge on any atom is -0.324 e. The van der Waals surface area contributed by atoms with E-state index in [1.807, 2.05) is 19.1 Å². The lowest BCUT2D eigenvalue weighted by molar-refractivity contribution is -0.113. The molecule has 0 spiro atoms. The fourth-order valence-electron chi connectivity index (χ4n) is 2.59. The summed E-state index contributed by atoms with van der Waals surface area (Å²) in [6, 6.07) is 12.6. The highest BCUT2D eigenvalue weighted by Crippen LogP contribution is 2.24. The van der Waals surface area contributed by atoms with Crippen LogP contribution in [-0.2, 0) is 11.3 Å². The van der Waals surface area contributed by atoms with Gasteiger partial charge in [0.15, 0.2) is 5.16 Å². The van der Waals surface area contributed by atoms with Crippen molar-refractivity contribution in [1.82, 2.24) is 9.55 Å². The monoisotopic (exact) mass is 399 g/mol. The molecule has 0 bridgehead atoms. The van der Waals surface area contributed by atoms with Gasteiger partial charge in [-0.2, -0.15) is 0 Å². The number of aryl methyl sites for hydroxylation is 1. The second-order valence-corrected chi connectivity index (χ2v) is 7.29. The van der Waals surface area contributed by atoms with Gasteiger partial charge in [-0.05, 0) is 36.8 Å². The zero-order valence-corrected chi connectivity index (χ0v) is 16.3. The Kier molecular flexibility index (Phi) is 5.98. The molecule has 1 N–H and O–H groups in total. The number of halogens is 1. The third-order valence-electron chi connectivity index (χ3n) is 3.87.